The van der Waals surface area contributed by atoms with Crippen LogP contribution in [0.25, 0.3) is 32.7 Å². The Morgan fingerprint density at radius 3 is 2.12 bits per heavy atom. The number of carbonyl (C=O) groups is 2. The average Bonchev–Trinajstić information content (AvgIpc) is 3.91. The maximum Gasteiger partial charge on any atom is 0.416 e. The first-order valence-corrected chi connectivity index (χ1v) is 17.3. The molecule has 1 saturated heterocycles. The van der Waals surface area contributed by atoms with Crippen LogP contribution < -0.4 is 20.9 Å². The minimum Gasteiger partial charge on any atom is -0.399 e. The molecule has 3 atom stereocenters. The molecule has 292 valence electrons. The predicted octanol–water partition coefficient (Wildman–Crippen LogP) is 4.77. The third kappa shape index (κ3) is 7.71. The smallest absolute Gasteiger partial charge is 0.399 e. The highest BCUT2D eigenvalue weighted by Gasteiger charge is 2.52. The zero-order chi connectivity index (χ0) is 40.6. The predicted molar refractivity (Wildman–Crippen MR) is 209 cm³/mol. The fraction of sp³-hybridized carbons (Fsp3) is 0.256. The second-order valence-electron chi connectivity index (χ2n) is 13.4. The second kappa shape index (κ2) is 15.3. The molecule has 3 aromatic carbocycles. The van der Waals surface area contributed by atoms with E-state index in [-0.39, 0.29) is 5.69 Å². The van der Waals surface area contributed by atoms with Crippen molar-refractivity contribution in [3.63, 3.8) is 0 Å². The molecular weight excluding hydrogens is 729 g/mol. The minimum absolute atomic E-state index is 0.0442. The van der Waals surface area contributed by atoms with Crippen LogP contribution in [0.4, 0.5) is 36.1 Å². The first-order chi connectivity index (χ1) is 26.5. The molecule has 5 N–H and O–H groups in total. The van der Waals surface area contributed by atoms with Gasteiger partial charge in [0.05, 0.1) is 29.0 Å². The van der Waals surface area contributed by atoms with Crippen molar-refractivity contribution in [2.75, 3.05) is 34.9 Å². The summed E-state index contributed by atoms with van der Waals surface area (Å²) in [5, 5.41) is 35.2. The zero-order valence-corrected chi connectivity index (χ0v) is 31.4. The highest BCUT2D eigenvalue weighted by molar-refractivity contribution is 6.11. The number of carbonyl (C=O) groups excluding carboxylic acids is 2. The van der Waals surface area contributed by atoms with Crippen molar-refractivity contribution in [3.05, 3.63) is 103 Å². The molecule has 0 radical (unpaired) electrons. The zero-order valence-electron chi connectivity index (χ0n) is 31.4. The van der Waals surface area contributed by atoms with E-state index in [0.717, 1.165) is 44.8 Å². The van der Waals surface area contributed by atoms with Crippen LogP contribution in [0.5, 0.6) is 0 Å². The van der Waals surface area contributed by atoms with E-state index in [0.29, 0.717) is 16.7 Å². The quantitative estimate of drug-likeness (QED) is 0.184. The van der Waals surface area contributed by atoms with Gasteiger partial charge in [0.15, 0.2) is 6.10 Å². The lowest BCUT2D eigenvalue weighted by molar-refractivity contribution is -0.137. The number of hydrogen-bond donors (Lipinski definition) is 4. The van der Waals surface area contributed by atoms with E-state index in [2.05, 4.69) is 32.6 Å². The lowest BCUT2D eigenvalue weighted by Gasteiger charge is -2.29. The number of fused-ring (bicyclic) bond motifs is 3. The monoisotopic (exact) mass is 770 g/mol. The van der Waals surface area contributed by atoms with Gasteiger partial charge in [0.2, 0.25) is 0 Å². The van der Waals surface area contributed by atoms with Gasteiger partial charge in [-0.3, -0.25) is 23.9 Å². The number of hydrogen-bond acceptors (Lipinski definition) is 9. The van der Waals surface area contributed by atoms with Crippen LogP contribution in [0.3, 0.4) is 0 Å². The van der Waals surface area contributed by atoms with Gasteiger partial charge in [-0.2, -0.15) is 23.4 Å². The summed E-state index contributed by atoms with van der Waals surface area (Å²) < 4.78 is 45.5. The number of halogens is 3. The summed E-state index contributed by atoms with van der Waals surface area (Å²) in [5.74, 6) is -2.39. The Kier molecular flexibility index (Phi) is 10.8. The summed E-state index contributed by atoms with van der Waals surface area (Å²) in [6.45, 7) is 1.31. The summed E-state index contributed by atoms with van der Waals surface area (Å²) >= 11 is 0. The van der Waals surface area contributed by atoms with Gasteiger partial charge >= 0.3 is 6.18 Å². The molecule has 5 heterocycles. The summed E-state index contributed by atoms with van der Waals surface area (Å²) in [6.07, 6.45) is -3.02. The van der Waals surface area contributed by atoms with E-state index in [1.54, 1.807) is 18.2 Å². The van der Waals surface area contributed by atoms with E-state index in [9.17, 15) is 33.0 Å². The largest absolute Gasteiger partial charge is 0.416 e. The Morgan fingerprint density at radius 2 is 1.48 bits per heavy atom. The van der Waals surface area contributed by atoms with Gasteiger partial charge in [0.25, 0.3) is 11.8 Å². The highest BCUT2D eigenvalue weighted by atomic mass is 19.4. The van der Waals surface area contributed by atoms with Gasteiger partial charge in [-0.25, -0.2) is 4.98 Å². The first kappa shape index (κ1) is 39.2. The number of nitrogens with one attached hydrogen (secondary N) is 1. The van der Waals surface area contributed by atoms with Crippen molar-refractivity contribution >= 4 is 67.4 Å². The average molecular weight is 771 g/mol. The standard InChI is InChI=1S/C22H21F3N4O4.C9H11N3.C8H9N3/c1-11-8-13(22(23,24)25)9-16(26-11)29-17(18(30)19(31)21(29)33)20(32)28(3)14-5-4-12-6-7-27(2)15(12)10-14;1-10-8-4-3-7-6-11-12(2)9(7)5-8;1-11-8-4-7(9)3-2-6(8)5-10-11/h4-10,17-19,30-31H,1-3H3;3-6,10H,1-2H3;2-5H,9H2,1H3/t17-,18-,19-;;/m0../s1. The molecule has 56 heavy (non-hydrogen) atoms. The second-order valence-corrected chi connectivity index (χ2v) is 13.4. The van der Waals surface area contributed by atoms with Crippen LogP contribution >= 0.6 is 0 Å². The van der Waals surface area contributed by atoms with E-state index >= 15 is 0 Å². The third-order valence-electron chi connectivity index (χ3n) is 9.58. The van der Waals surface area contributed by atoms with Crippen LogP contribution in [0, 0.1) is 6.92 Å². The number of pyridine rings is 1. The van der Waals surface area contributed by atoms with Crippen molar-refractivity contribution in [2.24, 2.45) is 21.1 Å². The minimum atomic E-state index is -4.72. The van der Waals surface area contributed by atoms with Crippen LogP contribution in [0.1, 0.15) is 11.3 Å². The third-order valence-corrected chi connectivity index (χ3v) is 9.58. The molecule has 0 aliphatic carbocycles. The Balaban J connectivity index is 0.000000185. The molecule has 17 heteroatoms. The van der Waals surface area contributed by atoms with Crippen LogP contribution in [-0.4, -0.2) is 83.5 Å². The summed E-state index contributed by atoms with van der Waals surface area (Å²) in [6, 6.07) is 18.8. The van der Waals surface area contributed by atoms with Crippen LogP contribution in [0.15, 0.2) is 91.4 Å². The number of aliphatic hydroxyl groups is 2. The maximum atomic E-state index is 13.4. The lowest BCUT2D eigenvalue weighted by Crippen LogP contribution is -2.50. The van der Waals surface area contributed by atoms with Crippen LogP contribution in [0.2, 0.25) is 0 Å². The van der Waals surface area contributed by atoms with E-state index < -0.39 is 47.6 Å². The molecule has 0 bridgehead atoms. The molecule has 1 aliphatic heterocycles. The van der Waals surface area contributed by atoms with Gasteiger partial charge in [0.1, 0.15) is 18.0 Å². The van der Waals surface area contributed by atoms with Crippen molar-refractivity contribution < 1.29 is 33.0 Å². The fourth-order valence-electron chi connectivity index (χ4n) is 6.45. The lowest BCUT2D eigenvalue weighted by atomic mass is 10.1. The van der Waals surface area contributed by atoms with Gasteiger partial charge in [-0.15, -0.1) is 0 Å². The van der Waals surface area contributed by atoms with Crippen molar-refractivity contribution in [3.8, 4) is 0 Å². The fourth-order valence-corrected chi connectivity index (χ4v) is 6.45. The number of alkyl halides is 3. The van der Waals surface area contributed by atoms with Gasteiger partial charge in [0, 0.05) is 80.5 Å². The maximum absolute atomic E-state index is 13.4. The molecule has 0 unspecified atom stereocenters. The molecule has 1 fully saturated rings. The molecule has 1 aliphatic rings. The number of amides is 2. The van der Waals surface area contributed by atoms with Gasteiger partial charge < -0.3 is 30.7 Å². The van der Waals surface area contributed by atoms with Crippen molar-refractivity contribution in [1.82, 2.24) is 29.1 Å². The number of nitrogen functional groups attached to an aromatic ring is 1. The molecular formula is C39H41F3N10O4. The number of anilines is 4. The molecule has 8 rings (SSSR count). The first-order valence-electron chi connectivity index (χ1n) is 17.3. The summed E-state index contributed by atoms with van der Waals surface area (Å²) in [5.41, 5.74) is 9.88. The van der Waals surface area contributed by atoms with Gasteiger partial charge in [-0.05, 0) is 79.0 Å². The molecule has 4 aromatic heterocycles. The number of rotatable bonds is 4. The molecule has 7 aromatic rings. The number of aliphatic hydroxyl groups excluding tert-OH is 2. The van der Waals surface area contributed by atoms with Gasteiger partial charge in [-0.1, -0.05) is 6.07 Å². The Hall–Kier alpha value is -6.46. The Morgan fingerprint density at radius 1 is 0.857 bits per heavy atom. The summed E-state index contributed by atoms with van der Waals surface area (Å²) in [4.78, 5) is 31.8. The highest BCUT2D eigenvalue weighted by Crippen LogP contribution is 2.35. The number of nitrogens with two attached hydrogens (primary N) is 1. The topological polar surface area (TPSA) is 173 Å². The number of aryl methyl sites for hydroxylation is 4. The van der Waals surface area contributed by atoms with E-state index in [4.69, 9.17) is 5.73 Å². The number of benzene rings is 3. The SMILES string of the molecule is CNc1ccc2cnn(C)c2c1.Cc1cc(C(F)(F)F)cc(N2C(=O)[C@@H](O)[C@@H](O)[C@H]2C(=O)N(C)c2ccc3ccn(C)c3c2)n1.Cn1ncc2ccc(N)cc21. The van der Waals surface area contributed by atoms with Crippen LogP contribution in [-0.2, 0) is 36.9 Å². The molecule has 14 nitrogen and oxygen atoms in total. The van der Waals surface area contributed by atoms with Crippen molar-refractivity contribution in [1.29, 1.82) is 0 Å². The summed E-state index contributed by atoms with van der Waals surface area (Å²) in [7, 11) is 9.01. The molecule has 0 spiro atoms. The van der Waals surface area contributed by atoms with E-state index in [1.807, 2.05) is 91.0 Å². The Labute approximate surface area is 319 Å². The normalized spacial score (nSPS) is 16.8. The number of nitrogens with zero attached hydrogens (tertiary/aromatic N) is 8. The Bertz CT molecular complexity index is 2560. The van der Waals surface area contributed by atoms with E-state index in [1.165, 1.54) is 24.3 Å². The number of likely N-dealkylation sites (N-methyl/N-ethyl adjacent to an activating group) is 1. The number of aromatic nitrogens is 6. The van der Waals surface area contributed by atoms with Crippen molar-refractivity contribution in [2.45, 2.75) is 31.3 Å². The molecule has 0 saturated carbocycles. The molecule has 2 amide bonds.